The molecule has 0 aromatic heterocycles. The second-order valence-electron chi connectivity index (χ2n) is 2.03. The summed E-state index contributed by atoms with van der Waals surface area (Å²) >= 11 is 0. The molecule has 3 heteroatoms. The van der Waals surface area contributed by atoms with Crippen LogP contribution in [0.1, 0.15) is 12.8 Å². The standard InChI is InChI=1S/C5H12O2Si/c1-6-5-3-2-4-8-7-5/h5H,2-4,8H2,1H3. The van der Waals surface area contributed by atoms with Gasteiger partial charge < -0.3 is 9.16 Å². The van der Waals surface area contributed by atoms with Gasteiger partial charge in [-0.1, -0.05) is 0 Å². The first-order chi connectivity index (χ1) is 3.93. The highest BCUT2D eigenvalue weighted by atomic mass is 28.2. The van der Waals surface area contributed by atoms with Crippen LogP contribution in [0.15, 0.2) is 0 Å². The molecule has 0 aromatic rings. The largest absolute Gasteiger partial charge is 0.400 e. The monoisotopic (exact) mass is 132 g/mol. The van der Waals surface area contributed by atoms with Crippen LogP contribution in [-0.4, -0.2) is 23.2 Å². The van der Waals surface area contributed by atoms with Crippen LogP contribution >= 0.6 is 0 Å². The summed E-state index contributed by atoms with van der Waals surface area (Å²) in [5.41, 5.74) is 0. The minimum atomic E-state index is -0.175. The molecule has 2 nitrogen and oxygen atoms in total. The zero-order valence-electron chi connectivity index (χ0n) is 5.22. The first-order valence-electron chi connectivity index (χ1n) is 3.08. The lowest BCUT2D eigenvalue weighted by Crippen LogP contribution is -2.21. The van der Waals surface area contributed by atoms with Crippen LogP contribution in [-0.2, 0) is 9.16 Å². The molecule has 0 saturated carbocycles. The van der Waals surface area contributed by atoms with Crippen molar-refractivity contribution in [2.45, 2.75) is 25.2 Å². The van der Waals surface area contributed by atoms with Crippen LogP contribution in [0.2, 0.25) is 6.04 Å². The Balaban J connectivity index is 2.13. The maximum Gasteiger partial charge on any atom is 0.165 e. The van der Waals surface area contributed by atoms with Gasteiger partial charge in [-0.05, 0) is 18.9 Å². The topological polar surface area (TPSA) is 18.5 Å². The van der Waals surface area contributed by atoms with Gasteiger partial charge in [0.25, 0.3) is 0 Å². The molecule has 0 radical (unpaired) electrons. The molecule has 48 valence electrons. The van der Waals surface area contributed by atoms with Crippen molar-refractivity contribution in [1.29, 1.82) is 0 Å². The van der Waals surface area contributed by atoms with Gasteiger partial charge in [0, 0.05) is 7.11 Å². The van der Waals surface area contributed by atoms with Gasteiger partial charge in [-0.25, -0.2) is 0 Å². The fourth-order valence-corrected chi connectivity index (χ4v) is 2.12. The summed E-state index contributed by atoms with van der Waals surface area (Å²) in [7, 11) is 1.54. The lowest BCUT2D eigenvalue weighted by molar-refractivity contribution is -0.0646. The van der Waals surface area contributed by atoms with E-state index in [0.717, 1.165) is 6.42 Å². The van der Waals surface area contributed by atoms with Gasteiger partial charge in [-0.15, -0.1) is 0 Å². The molecule has 8 heavy (non-hydrogen) atoms. The van der Waals surface area contributed by atoms with Crippen LogP contribution in [0.4, 0.5) is 0 Å². The van der Waals surface area contributed by atoms with E-state index in [9.17, 15) is 0 Å². The molecule has 1 heterocycles. The van der Waals surface area contributed by atoms with Crippen molar-refractivity contribution in [2.75, 3.05) is 7.11 Å². The molecule has 0 bridgehead atoms. The van der Waals surface area contributed by atoms with E-state index in [1.54, 1.807) is 7.11 Å². The highest BCUT2D eigenvalue weighted by Gasteiger charge is 2.10. The van der Waals surface area contributed by atoms with Gasteiger partial charge in [0.05, 0.1) is 0 Å². The molecule has 1 aliphatic heterocycles. The Morgan fingerprint density at radius 1 is 1.75 bits per heavy atom. The smallest absolute Gasteiger partial charge is 0.165 e. The molecule has 1 fully saturated rings. The molecule has 0 amide bonds. The second kappa shape index (κ2) is 3.22. The average molecular weight is 132 g/mol. The fourth-order valence-electron chi connectivity index (χ4n) is 0.897. The molecule has 1 aliphatic rings. The first kappa shape index (κ1) is 6.26. The zero-order chi connectivity index (χ0) is 5.82. The minimum Gasteiger partial charge on any atom is -0.400 e. The second-order valence-corrected chi connectivity index (χ2v) is 3.48. The lowest BCUT2D eigenvalue weighted by atomic mass is 10.3. The fraction of sp³-hybridized carbons (Fsp3) is 1.00. The van der Waals surface area contributed by atoms with E-state index in [2.05, 4.69) is 0 Å². The van der Waals surface area contributed by atoms with Crippen molar-refractivity contribution in [2.24, 2.45) is 0 Å². The Labute approximate surface area is 52.1 Å². The molecule has 0 spiro atoms. The van der Waals surface area contributed by atoms with Crippen molar-refractivity contribution >= 4 is 9.76 Å². The third-order valence-corrected chi connectivity index (χ3v) is 2.80. The maximum atomic E-state index is 5.34. The van der Waals surface area contributed by atoms with Crippen molar-refractivity contribution in [1.82, 2.24) is 0 Å². The quantitative estimate of drug-likeness (QED) is 0.477. The predicted octanol–water partition coefficient (Wildman–Crippen LogP) is 0.271. The predicted molar refractivity (Wildman–Crippen MR) is 34.5 cm³/mol. The van der Waals surface area contributed by atoms with Crippen molar-refractivity contribution in [3.8, 4) is 0 Å². The van der Waals surface area contributed by atoms with Crippen LogP contribution < -0.4 is 0 Å². The van der Waals surface area contributed by atoms with Gasteiger partial charge in [0.2, 0.25) is 0 Å². The molecule has 1 atom stereocenters. The third kappa shape index (κ3) is 1.58. The lowest BCUT2D eigenvalue weighted by Gasteiger charge is -2.20. The van der Waals surface area contributed by atoms with E-state index >= 15 is 0 Å². The summed E-state index contributed by atoms with van der Waals surface area (Å²) in [5.74, 6) is 0. The number of rotatable bonds is 1. The van der Waals surface area contributed by atoms with E-state index in [4.69, 9.17) is 9.16 Å². The van der Waals surface area contributed by atoms with E-state index in [0.29, 0.717) is 0 Å². The van der Waals surface area contributed by atoms with E-state index < -0.39 is 0 Å². The van der Waals surface area contributed by atoms with E-state index in [1.165, 1.54) is 12.5 Å². The summed E-state index contributed by atoms with van der Waals surface area (Å²) in [5, 5.41) is 0. The molecule has 1 rings (SSSR count). The number of hydrogen-bond acceptors (Lipinski definition) is 2. The summed E-state index contributed by atoms with van der Waals surface area (Å²) in [6.07, 6.45) is 2.56. The van der Waals surface area contributed by atoms with Crippen LogP contribution in [0, 0.1) is 0 Å². The molecule has 1 unspecified atom stereocenters. The van der Waals surface area contributed by atoms with Gasteiger partial charge in [0.15, 0.2) is 9.76 Å². The number of methoxy groups -OCH3 is 1. The molecule has 0 aliphatic carbocycles. The summed E-state index contributed by atoms with van der Waals surface area (Å²) in [6.45, 7) is 0. The number of ether oxygens (including phenoxy) is 1. The Morgan fingerprint density at radius 2 is 2.62 bits per heavy atom. The van der Waals surface area contributed by atoms with Gasteiger partial charge in [-0.3, -0.25) is 0 Å². The van der Waals surface area contributed by atoms with Crippen molar-refractivity contribution < 1.29 is 9.16 Å². The van der Waals surface area contributed by atoms with Crippen LogP contribution in [0.3, 0.4) is 0 Å². The maximum absolute atomic E-state index is 5.34. The Kier molecular flexibility index (Phi) is 2.52. The molecular weight excluding hydrogens is 120 g/mol. The van der Waals surface area contributed by atoms with Crippen LogP contribution in [0.5, 0.6) is 0 Å². The van der Waals surface area contributed by atoms with Gasteiger partial charge >= 0.3 is 0 Å². The van der Waals surface area contributed by atoms with Gasteiger partial charge in [-0.2, -0.15) is 0 Å². The Morgan fingerprint density at radius 3 is 3.00 bits per heavy atom. The minimum absolute atomic E-state index is 0.149. The van der Waals surface area contributed by atoms with E-state index in [-0.39, 0.29) is 16.1 Å². The average Bonchev–Trinajstić information content (AvgIpc) is 1.90. The summed E-state index contributed by atoms with van der Waals surface area (Å²) < 4.78 is 10.3. The summed E-state index contributed by atoms with van der Waals surface area (Å²) in [6, 6.07) is 1.33. The normalized spacial score (nSPS) is 33.4. The molecular formula is C5H12O2Si. The Hall–Kier alpha value is 0.137. The first-order valence-corrected chi connectivity index (χ1v) is 4.65. The number of hydrogen-bond donors (Lipinski definition) is 0. The van der Waals surface area contributed by atoms with Crippen LogP contribution in [0.25, 0.3) is 0 Å². The SMILES string of the molecule is COC1CCC[SiH2]O1. The van der Waals surface area contributed by atoms with Crippen molar-refractivity contribution in [3.05, 3.63) is 0 Å². The van der Waals surface area contributed by atoms with Crippen molar-refractivity contribution in [3.63, 3.8) is 0 Å². The van der Waals surface area contributed by atoms with E-state index in [1.807, 2.05) is 0 Å². The highest BCUT2D eigenvalue weighted by molar-refractivity contribution is 6.27. The van der Waals surface area contributed by atoms with Gasteiger partial charge in [0.1, 0.15) is 6.29 Å². The molecule has 0 N–H and O–H groups in total. The zero-order valence-corrected chi connectivity index (χ0v) is 6.64. The third-order valence-electron chi connectivity index (χ3n) is 1.40. The Bertz CT molecular complexity index is 61.4. The summed E-state index contributed by atoms with van der Waals surface area (Å²) in [4.78, 5) is 0. The molecule has 1 saturated heterocycles. The molecule has 0 aromatic carbocycles. The highest BCUT2D eigenvalue weighted by Crippen LogP contribution is 2.11.